The number of amides is 1. The SMILES string of the molecule is CCN(CC)S(=O)(=O)c1ccc(C(=O)N=c2sc3cc(OC)ccc3n2CCSC)cc1. The molecule has 0 spiro atoms. The highest BCUT2D eigenvalue weighted by Gasteiger charge is 2.21. The van der Waals surface area contributed by atoms with Crippen LogP contribution in [0.5, 0.6) is 5.75 Å². The van der Waals surface area contributed by atoms with E-state index in [4.69, 9.17) is 4.74 Å². The Balaban J connectivity index is 1.98. The zero-order valence-electron chi connectivity index (χ0n) is 18.6. The van der Waals surface area contributed by atoms with Gasteiger partial charge in [-0.3, -0.25) is 4.79 Å². The highest BCUT2D eigenvalue weighted by molar-refractivity contribution is 7.98. The molecule has 1 heterocycles. The van der Waals surface area contributed by atoms with Crippen LogP contribution in [0.25, 0.3) is 10.2 Å². The van der Waals surface area contributed by atoms with Crippen molar-refractivity contribution in [3.63, 3.8) is 0 Å². The van der Waals surface area contributed by atoms with Crippen molar-refractivity contribution in [1.82, 2.24) is 8.87 Å². The van der Waals surface area contributed by atoms with E-state index < -0.39 is 15.9 Å². The summed E-state index contributed by atoms with van der Waals surface area (Å²) in [7, 11) is -1.95. The average molecular weight is 494 g/mol. The Kier molecular flexibility index (Phi) is 8.16. The Morgan fingerprint density at radius 1 is 1.16 bits per heavy atom. The number of fused-ring (bicyclic) bond motifs is 1. The summed E-state index contributed by atoms with van der Waals surface area (Å²) < 4.78 is 35.1. The van der Waals surface area contributed by atoms with E-state index >= 15 is 0 Å². The van der Waals surface area contributed by atoms with Gasteiger partial charge < -0.3 is 9.30 Å². The van der Waals surface area contributed by atoms with Gasteiger partial charge in [-0.15, -0.1) is 0 Å². The molecule has 1 amide bonds. The van der Waals surface area contributed by atoms with E-state index in [1.165, 1.54) is 39.9 Å². The second kappa shape index (κ2) is 10.7. The van der Waals surface area contributed by atoms with Gasteiger partial charge in [-0.05, 0) is 48.7 Å². The number of aromatic nitrogens is 1. The van der Waals surface area contributed by atoms with Gasteiger partial charge in [-0.2, -0.15) is 21.1 Å². The molecule has 0 saturated heterocycles. The predicted molar refractivity (Wildman–Crippen MR) is 131 cm³/mol. The molecule has 2 aromatic carbocycles. The summed E-state index contributed by atoms with van der Waals surface area (Å²) >= 11 is 3.15. The van der Waals surface area contributed by atoms with Crippen LogP contribution in [0.2, 0.25) is 0 Å². The molecule has 0 saturated carbocycles. The van der Waals surface area contributed by atoms with Crippen molar-refractivity contribution >= 4 is 49.2 Å². The van der Waals surface area contributed by atoms with Crippen molar-refractivity contribution < 1.29 is 17.9 Å². The number of nitrogens with zero attached hydrogens (tertiary/aromatic N) is 3. The summed E-state index contributed by atoms with van der Waals surface area (Å²) in [5.41, 5.74) is 1.34. The number of hydrogen-bond acceptors (Lipinski definition) is 6. The number of thiazole rings is 1. The molecule has 1 aromatic heterocycles. The molecule has 10 heteroatoms. The normalized spacial score (nSPS) is 12.6. The number of hydrogen-bond donors (Lipinski definition) is 0. The lowest BCUT2D eigenvalue weighted by Gasteiger charge is -2.18. The van der Waals surface area contributed by atoms with Gasteiger partial charge in [0.2, 0.25) is 10.0 Å². The van der Waals surface area contributed by atoms with Crippen LogP contribution in [0.1, 0.15) is 24.2 Å². The molecule has 3 rings (SSSR count). The number of aryl methyl sites for hydroxylation is 1. The van der Waals surface area contributed by atoms with Crippen molar-refractivity contribution in [3.8, 4) is 5.75 Å². The lowest BCUT2D eigenvalue weighted by molar-refractivity contribution is 0.0997. The van der Waals surface area contributed by atoms with E-state index in [0.717, 1.165) is 28.3 Å². The summed E-state index contributed by atoms with van der Waals surface area (Å²) in [5.74, 6) is 1.23. The minimum atomic E-state index is -3.57. The first kappa shape index (κ1) is 24.5. The van der Waals surface area contributed by atoms with Gasteiger partial charge in [-0.1, -0.05) is 25.2 Å². The first-order valence-corrected chi connectivity index (χ1v) is 13.9. The number of carbonyl (C=O) groups excluding carboxylic acids is 1. The number of benzene rings is 2. The molecule has 0 unspecified atom stereocenters. The fourth-order valence-corrected chi connectivity index (χ4v) is 6.20. The monoisotopic (exact) mass is 493 g/mol. The van der Waals surface area contributed by atoms with Crippen LogP contribution in [-0.4, -0.2) is 55.4 Å². The molecule has 0 aliphatic carbocycles. The van der Waals surface area contributed by atoms with Gasteiger partial charge in [0, 0.05) is 31.0 Å². The lowest BCUT2D eigenvalue weighted by atomic mass is 10.2. The molecule has 0 aliphatic rings. The molecule has 0 bridgehead atoms. The maximum atomic E-state index is 12.9. The minimum absolute atomic E-state index is 0.168. The van der Waals surface area contributed by atoms with E-state index in [2.05, 4.69) is 4.99 Å². The summed E-state index contributed by atoms with van der Waals surface area (Å²) in [4.78, 5) is 18.0. The van der Waals surface area contributed by atoms with Gasteiger partial charge in [0.25, 0.3) is 5.91 Å². The molecule has 3 aromatic rings. The summed E-state index contributed by atoms with van der Waals surface area (Å²) in [6, 6.07) is 11.8. The fourth-order valence-electron chi connectivity index (χ4n) is 3.30. The number of sulfonamides is 1. The standard InChI is InChI=1S/C22H27N3O4S3/c1-5-24(6-2)32(27,28)18-10-7-16(8-11-18)21(26)23-22-25(13-14-30-4)19-12-9-17(29-3)15-20(19)31-22/h7-12,15H,5-6,13-14H2,1-4H3. The van der Waals surface area contributed by atoms with Crippen molar-refractivity contribution in [2.24, 2.45) is 4.99 Å². The third-order valence-corrected chi connectivity index (χ3v) is 8.75. The smallest absolute Gasteiger partial charge is 0.279 e. The lowest BCUT2D eigenvalue weighted by Crippen LogP contribution is -2.30. The number of thioether (sulfide) groups is 1. The number of methoxy groups -OCH3 is 1. The van der Waals surface area contributed by atoms with E-state index in [1.54, 1.807) is 32.7 Å². The molecular formula is C22H27N3O4S3. The Labute approximate surface area is 196 Å². The van der Waals surface area contributed by atoms with E-state index in [1.807, 2.05) is 29.0 Å². The first-order valence-electron chi connectivity index (χ1n) is 10.2. The average Bonchev–Trinajstić information content (AvgIpc) is 3.14. The van der Waals surface area contributed by atoms with Crippen LogP contribution < -0.4 is 9.54 Å². The van der Waals surface area contributed by atoms with E-state index in [9.17, 15) is 13.2 Å². The molecule has 0 aliphatic heterocycles. The molecule has 0 fully saturated rings. The van der Waals surface area contributed by atoms with Crippen molar-refractivity contribution in [3.05, 3.63) is 52.8 Å². The van der Waals surface area contributed by atoms with Crippen molar-refractivity contribution in [1.29, 1.82) is 0 Å². The fraction of sp³-hybridized carbons (Fsp3) is 0.364. The van der Waals surface area contributed by atoms with Crippen LogP contribution >= 0.6 is 23.1 Å². The quantitative estimate of drug-likeness (QED) is 0.452. The Morgan fingerprint density at radius 3 is 2.44 bits per heavy atom. The Bertz CT molecular complexity index is 1260. The maximum Gasteiger partial charge on any atom is 0.279 e. The van der Waals surface area contributed by atoms with Gasteiger partial charge in [-0.25, -0.2) is 8.42 Å². The largest absolute Gasteiger partial charge is 0.497 e. The topological polar surface area (TPSA) is 81.0 Å². The number of rotatable bonds is 9. The Hall–Kier alpha value is -2.14. The third-order valence-electron chi connectivity index (χ3n) is 5.05. The molecular weight excluding hydrogens is 466 g/mol. The molecule has 172 valence electrons. The molecule has 0 N–H and O–H groups in total. The third kappa shape index (κ3) is 5.09. The Morgan fingerprint density at radius 2 is 1.84 bits per heavy atom. The summed E-state index contributed by atoms with van der Waals surface area (Å²) in [6.07, 6.45) is 2.04. The maximum absolute atomic E-state index is 12.9. The first-order chi connectivity index (χ1) is 15.3. The van der Waals surface area contributed by atoms with E-state index in [-0.39, 0.29) is 4.90 Å². The van der Waals surface area contributed by atoms with Crippen molar-refractivity contribution in [2.45, 2.75) is 25.3 Å². The van der Waals surface area contributed by atoms with Crippen LogP contribution in [-0.2, 0) is 16.6 Å². The predicted octanol–water partition coefficient (Wildman–Crippen LogP) is 3.85. The van der Waals surface area contributed by atoms with Crippen LogP contribution in [0, 0.1) is 0 Å². The van der Waals surface area contributed by atoms with Crippen molar-refractivity contribution in [2.75, 3.05) is 32.2 Å². The molecule has 0 atom stereocenters. The van der Waals surface area contributed by atoms with Crippen LogP contribution in [0.4, 0.5) is 0 Å². The van der Waals surface area contributed by atoms with Crippen LogP contribution in [0.3, 0.4) is 0 Å². The molecule has 0 radical (unpaired) electrons. The van der Waals surface area contributed by atoms with Crippen LogP contribution in [0.15, 0.2) is 52.4 Å². The summed E-state index contributed by atoms with van der Waals surface area (Å²) in [6.45, 7) is 5.10. The number of ether oxygens (including phenoxy) is 1. The highest BCUT2D eigenvalue weighted by Crippen LogP contribution is 2.23. The van der Waals surface area contributed by atoms with Gasteiger partial charge in [0.15, 0.2) is 4.80 Å². The second-order valence-electron chi connectivity index (χ2n) is 6.89. The summed E-state index contributed by atoms with van der Waals surface area (Å²) in [5, 5.41) is 0. The zero-order chi connectivity index (χ0) is 23.3. The second-order valence-corrected chi connectivity index (χ2v) is 10.8. The van der Waals surface area contributed by atoms with Gasteiger partial charge in [0.1, 0.15) is 5.75 Å². The molecule has 7 nitrogen and oxygen atoms in total. The van der Waals surface area contributed by atoms with E-state index in [0.29, 0.717) is 23.5 Å². The van der Waals surface area contributed by atoms with Gasteiger partial charge >= 0.3 is 0 Å². The number of carbonyl (C=O) groups is 1. The minimum Gasteiger partial charge on any atom is -0.497 e. The molecule has 32 heavy (non-hydrogen) atoms. The highest BCUT2D eigenvalue weighted by atomic mass is 32.2. The van der Waals surface area contributed by atoms with Gasteiger partial charge in [0.05, 0.1) is 22.2 Å². The zero-order valence-corrected chi connectivity index (χ0v) is 21.0.